The van der Waals surface area contributed by atoms with Crippen molar-refractivity contribution in [2.45, 2.75) is 26.3 Å². The Labute approximate surface area is 140 Å². The molecule has 3 aromatic rings. The van der Waals surface area contributed by atoms with Crippen molar-refractivity contribution in [2.75, 3.05) is 6.54 Å². The second-order valence-corrected chi connectivity index (χ2v) is 5.57. The number of rotatable bonds is 7. The highest BCUT2D eigenvalue weighted by Gasteiger charge is 2.14. The van der Waals surface area contributed by atoms with Crippen molar-refractivity contribution in [2.24, 2.45) is 0 Å². The molecule has 0 bridgehead atoms. The van der Waals surface area contributed by atoms with Crippen LogP contribution in [0.5, 0.6) is 0 Å². The van der Waals surface area contributed by atoms with Gasteiger partial charge in [-0.15, -0.1) is 0 Å². The van der Waals surface area contributed by atoms with Crippen molar-refractivity contribution in [1.82, 2.24) is 19.9 Å². The summed E-state index contributed by atoms with van der Waals surface area (Å²) >= 11 is 0. The molecular formula is C18H20N4O2. The third-order valence-electron chi connectivity index (χ3n) is 3.72. The van der Waals surface area contributed by atoms with E-state index in [1.54, 1.807) is 12.5 Å². The van der Waals surface area contributed by atoms with E-state index in [1.807, 2.05) is 48.0 Å². The molecule has 24 heavy (non-hydrogen) atoms. The normalized spacial score (nSPS) is 10.7. The molecule has 0 radical (unpaired) electrons. The Bertz CT molecular complexity index is 779. The van der Waals surface area contributed by atoms with E-state index in [0.29, 0.717) is 23.9 Å². The van der Waals surface area contributed by atoms with Crippen LogP contribution < -0.4 is 5.32 Å². The topological polar surface area (TPSA) is 73.0 Å². The highest BCUT2D eigenvalue weighted by Crippen LogP contribution is 2.21. The third kappa shape index (κ3) is 4.10. The van der Waals surface area contributed by atoms with Gasteiger partial charge in [-0.05, 0) is 25.5 Å². The maximum atomic E-state index is 12.1. The molecule has 1 aromatic carbocycles. The van der Waals surface area contributed by atoms with E-state index in [4.69, 9.17) is 4.42 Å². The molecule has 0 saturated heterocycles. The number of hydrogen-bond donors (Lipinski definition) is 1. The first-order valence-electron chi connectivity index (χ1n) is 7.96. The average molecular weight is 324 g/mol. The number of hydrogen-bond acceptors (Lipinski definition) is 4. The lowest BCUT2D eigenvalue weighted by atomic mass is 10.2. The van der Waals surface area contributed by atoms with E-state index < -0.39 is 0 Å². The standard InChI is InChI=1S/C18H20N4O2/c1-14-16(21-18(24-14)15-6-3-2-4-7-15)12-17(23)20-8-5-10-22-11-9-19-13-22/h2-4,6-7,9,11,13H,5,8,10,12H2,1H3,(H,20,23). The maximum Gasteiger partial charge on any atom is 0.226 e. The SMILES string of the molecule is Cc1oc(-c2ccccc2)nc1CC(=O)NCCCn1ccnc1. The van der Waals surface area contributed by atoms with Gasteiger partial charge in [-0.2, -0.15) is 0 Å². The molecule has 0 saturated carbocycles. The molecule has 0 unspecified atom stereocenters. The highest BCUT2D eigenvalue weighted by atomic mass is 16.4. The van der Waals surface area contributed by atoms with Gasteiger partial charge in [0.05, 0.1) is 18.4 Å². The molecule has 6 heteroatoms. The number of imidazole rings is 1. The van der Waals surface area contributed by atoms with E-state index in [9.17, 15) is 4.79 Å². The summed E-state index contributed by atoms with van der Waals surface area (Å²) in [5.74, 6) is 1.19. The Morgan fingerprint density at radius 3 is 2.88 bits per heavy atom. The summed E-state index contributed by atoms with van der Waals surface area (Å²) in [4.78, 5) is 20.5. The van der Waals surface area contributed by atoms with Crippen LogP contribution in [0.4, 0.5) is 0 Å². The Balaban J connectivity index is 1.50. The predicted molar refractivity (Wildman–Crippen MR) is 90.2 cm³/mol. The number of aromatic nitrogens is 3. The number of amides is 1. The Kier molecular flexibility index (Phi) is 5.05. The van der Waals surface area contributed by atoms with Crippen LogP contribution in [-0.4, -0.2) is 27.0 Å². The van der Waals surface area contributed by atoms with E-state index >= 15 is 0 Å². The number of carbonyl (C=O) groups is 1. The molecule has 1 N–H and O–H groups in total. The lowest BCUT2D eigenvalue weighted by Gasteiger charge is -2.04. The van der Waals surface area contributed by atoms with Crippen LogP contribution in [0.1, 0.15) is 17.9 Å². The summed E-state index contributed by atoms with van der Waals surface area (Å²) in [5.41, 5.74) is 1.59. The fourth-order valence-electron chi connectivity index (χ4n) is 2.42. The van der Waals surface area contributed by atoms with E-state index in [2.05, 4.69) is 15.3 Å². The van der Waals surface area contributed by atoms with Gasteiger partial charge in [0.2, 0.25) is 11.8 Å². The molecule has 2 aromatic heterocycles. The first kappa shape index (κ1) is 16.0. The number of nitrogens with zero attached hydrogens (tertiary/aromatic N) is 3. The number of carbonyl (C=O) groups excluding carboxylic acids is 1. The van der Waals surface area contributed by atoms with Crippen molar-refractivity contribution in [3.63, 3.8) is 0 Å². The van der Waals surface area contributed by atoms with Gasteiger partial charge in [-0.25, -0.2) is 9.97 Å². The molecule has 6 nitrogen and oxygen atoms in total. The van der Waals surface area contributed by atoms with Gasteiger partial charge in [0.15, 0.2) is 0 Å². The van der Waals surface area contributed by atoms with Gasteiger partial charge >= 0.3 is 0 Å². The van der Waals surface area contributed by atoms with Crippen LogP contribution in [0.2, 0.25) is 0 Å². The minimum absolute atomic E-state index is 0.0448. The summed E-state index contributed by atoms with van der Waals surface area (Å²) in [6.07, 6.45) is 6.51. The maximum absolute atomic E-state index is 12.1. The van der Waals surface area contributed by atoms with E-state index in [0.717, 1.165) is 18.5 Å². The smallest absolute Gasteiger partial charge is 0.226 e. The first-order valence-corrected chi connectivity index (χ1v) is 7.96. The van der Waals surface area contributed by atoms with Gasteiger partial charge in [-0.3, -0.25) is 4.79 Å². The Morgan fingerprint density at radius 2 is 2.12 bits per heavy atom. The second kappa shape index (κ2) is 7.59. The lowest BCUT2D eigenvalue weighted by Crippen LogP contribution is -2.27. The number of nitrogens with one attached hydrogen (secondary N) is 1. The van der Waals surface area contributed by atoms with Gasteiger partial charge in [0.1, 0.15) is 5.76 Å². The third-order valence-corrected chi connectivity index (χ3v) is 3.72. The zero-order valence-electron chi connectivity index (χ0n) is 13.6. The molecular weight excluding hydrogens is 304 g/mol. The van der Waals surface area contributed by atoms with Crippen molar-refractivity contribution in [3.8, 4) is 11.5 Å². The summed E-state index contributed by atoms with van der Waals surface area (Å²) in [7, 11) is 0. The molecule has 0 spiro atoms. The fraction of sp³-hybridized carbons (Fsp3) is 0.278. The van der Waals surface area contributed by atoms with Crippen LogP contribution in [0.15, 0.2) is 53.5 Å². The van der Waals surface area contributed by atoms with Crippen LogP contribution in [0.3, 0.4) is 0 Å². The quantitative estimate of drug-likeness (QED) is 0.678. The van der Waals surface area contributed by atoms with Crippen LogP contribution >= 0.6 is 0 Å². The molecule has 0 fully saturated rings. The van der Waals surface area contributed by atoms with Gasteiger partial charge < -0.3 is 14.3 Å². The van der Waals surface area contributed by atoms with Crippen LogP contribution in [0, 0.1) is 6.92 Å². The van der Waals surface area contributed by atoms with Crippen LogP contribution in [-0.2, 0) is 17.8 Å². The summed E-state index contributed by atoms with van der Waals surface area (Å²) in [6, 6.07) is 9.68. The molecule has 124 valence electrons. The average Bonchev–Trinajstić information content (AvgIpc) is 3.23. The van der Waals surface area contributed by atoms with E-state index in [1.165, 1.54) is 0 Å². The molecule has 1 amide bonds. The Morgan fingerprint density at radius 1 is 1.29 bits per heavy atom. The Hall–Kier alpha value is -2.89. The number of aryl methyl sites for hydroxylation is 2. The monoisotopic (exact) mass is 324 g/mol. The van der Waals surface area contributed by atoms with Crippen molar-refractivity contribution >= 4 is 5.91 Å². The summed E-state index contributed by atoms with van der Waals surface area (Å²) < 4.78 is 7.66. The molecule has 0 aliphatic heterocycles. The zero-order chi connectivity index (χ0) is 16.8. The van der Waals surface area contributed by atoms with Crippen LogP contribution in [0.25, 0.3) is 11.5 Å². The van der Waals surface area contributed by atoms with Gasteiger partial charge in [0.25, 0.3) is 0 Å². The largest absolute Gasteiger partial charge is 0.441 e. The minimum atomic E-state index is -0.0448. The number of benzene rings is 1. The summed E-state index contributed by atoms with van der Waals surface area (Å²) in [5, 5.41) is 2.92. The van der Waals surface area contributed by atoms with Crippen molar-refractivity contribution in [3.05, 3.63) is 60.5 Å². The van der Waals surface area contributed by atoms with Crippen molar-refractivity contribution < 1.29 is 9.21 Å². The molecule has 0 aliphatic carbocycles. The highest BCUT2D eigenvalue weighted by molar-refractivity contribution is 5.78. The lowest BCUT2D eigenvalue weighted by molar-refractivity contribution is -0.120. The molecule has 0 aliphatic rings. The number of oxazole rings is 1. The van der Waals surface area contributed by atoms with Gasteiger partial charge in [0, 0.05) is 31.0 Å². The fourth-order valence-corrected chi connectivity index (χ4v) is 2.42. The molecule has 2 heterocycles. The predicted octanol–water partition coefficient (Wildman–Crippen LogP) is 2.60. The van der Waals surface area contributed by atoms with Gasteiger partial charge in [-0.1, -0.05) is 18.2 Å². The minimum Gasteiger partial charge on any atom is -0.441 e. The molecule has 3 rings (SSSR count). The first-order chi connectivity index (χ1) is 11.7. The summed E-state index contributed by atoms with van der Waals surface area (Å²) in [6.45, 7) is 3.29. The zero-order valence-corrected chi connectivity index (χ0v) is 13.6. The molecule has 0 atom stereocenters. The van der Waals surface area contributed by atoms with E-state index in [-0.39, 0.29) is 12.3 Å². The second-order valence-electron chi connectivity index (χ2n) is 5.57. The van der Waals surface area contributed by atoms with Crippen molar-refractivity contribution in [1.29, 1.82) is 0 Å².